The van der Waals surface area contributed by atoms with Crippen LogP contribution in [-0.4, -0.2) is 17.9 Å². The van der Waals surface area contributed by atoms with Gasteiger partial charge in [-0.05, 0) is 18.2 Å². The number of hydrogen-bond donors (Lipinski definition) is 2. The first-order valence-electron chi connectivity index (χ1n) is 5.56. The number of hydrogen-bond acceptors (Lipinski definition) is 3. The third-order valence-electron chi connectivity index (χ3n) is 2.53. The molecular weight excluding hydrogens is 266 g/mol. The monoisotopic (exact) mass is 277 g/mol. The van der Waals surface area contributed by atoms with Crippen LogP contribution in [0.25, 0.3) is 0 Å². The van der Waals surface area contributed by atoms with Crippen LogP contribution >= 0.6 is 11.6 Å². The van der Waals surface area contributed by atoms with Gasteiger partial charge in [0, 0.05) is 13.2 Å². The normalized spacial score (nSPS) is 10.0. The molecule has 0 aliphatic heterocycles. The molecule has 0 aliphatic carbocycles. The van der Waals surface area contributed by atoms with E-state index in [4.69, 9.17) is 11.6 Å². The lowest BCUT2D eigenvalue weighted by Crippen LogP contribution is -2.39. The lowest BCUT2D eigenvalue weighted by molar-refractivity contribution is 0.0951. The molecule has 19 heavy (non-hydrogen) atoms. The van der Waals surface area contributed by atoms with Crippen molar-refractivity contribution >= 4 is 23.2 Å². The number of benzene rings is 1. The average molecular weight is 278 g/mol. The van der Waals surface area contributed by atoms with Gasteiger partial charge in [-0.15, -0.1) is 0 Å². The summed E-state index contributed by atoms with van der Waals surface area (Å²) in [6.45, 7) is 0. The van der Waals surface area contributed by atoms with Crippen LogP contribution in [0.1, 0.15) is 10.4 Å². The first-order chi connectivity index (χ1) is 9.08. The summed E-state index contributed by atoms with van der Waals surface area (Å²) in [5, 5.41) is 1.57. The van der Waals surface area contributed by atoms with Crippen molar-refractivity contribution in [3.63, 3.8) is 0 Å². The first-order valence-corrected chi connectivity index (χ1v) is 5.94. The fraction of sp³-hybridized carbons (Fsp3) is 0.0769. The SMILES string of the molecule is CN(NC(=O)c1c[nH]c(=O)c(Cl)c1)c1ccccc1. The van der Waals surface area contributed by atoms with Gasteiger partial charge in [-0.2, -0.15) is 0 Å². The standard InChI is InChI=1S/C13H12ClN3O2/c1-17(10-5-3-2-4-6-10)16-12(18)9-7-11(14)13(19)15-8-9/h2-8H,1H3,(H,15,19)(H,16,18). The highest BCUT2D eigenvalue weighted by atomic mass is 35.5. The molecule has 0 bridgehead atoms. The molecule has 6 heteroatoms. The summed E-state index contributed by atoms with van der Waals surface area (Å²) in [6.07, 6.45) is 1.32. The van der Waals surface area contributed by atoms with Crippen molar-refractivity contribution in [1.82, 2.24) is 10.4 Å². The van der Waals surface area contributed by atoms with Crippen LogP contribution in [0.15, 0.2) is 47.4 Å². The van der Waals surface area contributed by atoms with Crippen molar-refractivity contribution in [2.45, 2.75) is 0 Å². The predicted octanol–water partition coefficient (Wildman–Crippen LogP) is 1.81. The van der Waals surface area contributed by atoms with Gasteiger partial charge in [0.1, 0.15) is 5.02 Å². The molecule has 1 heterocycles. The third kappa shape index (κ3) is 3.14. The van der Waals surface area contributed by atoms with Gasteiger partial charge in [-0.1, -0.05) is 29.8 Å². The number of anilines is 1. The average Bonchev–Trinajstić information content (AvgIpc) is 2.42. The topological polar surface area (TPSA) is 65.2 Å². The minimum Gasteiger partial charge on any atom is -0.327 e. The molecule has 0 atom stereocenters. The molecule has 5 nitrogen and oxygen atoms in total. The molecular formula is C13H12ClN3O2. The van der Waals surface area contributed by atoms with Gasteiger partial charge in [0.25, 0.3) is 11.5 Å². The number of para-hydroxylation sites is 1. The highest BCUT2D eigenvalue weighted by molar-refractivity contribution is 6.30. The Morgan fingerprint density at radius 1 is 1.32 bits per heavy atom. The van der Waals surface area contributed by atoms with Crippen molar-refractivity contribution in [3.05, 3.63) is 63.5 Å². The number of halogens is 1. The van der Waals surface area contributed by atoms with E-state index in [1.807, 2.05) is 30.3 Å². The van der Waals surface area contributed by atoms with Gasteiger partial charge in [0.15, 0.2) is 0 Å². The van der Waals surface area contributed by atoms with Crippen LogP contribution < -0.4 is 16.0 Å². The number of amides is 1. The fourth-order valence-electron chi connectivity index (χ4n) is 1.52. The number of pyridine rings is 1. The second kappa shape index (κ2) is 5.58. The zero-order valence-electron chi connectivity index (χ0n) is 10.2. The number of hydrazine groups is 1. The zero-order chi connectivity index (χ0) is 13.8. The Hall–Kier alpha value is -2.27. The Balaban J connectivity index is 2.13. The van der Waals surface area contributed by atoms with Crippen molar-refractivity contribution < 1.29 is 4.79 Å². The van der Waals surface area contributed by atoms with E-state index in [-0.39, 0.29) is 16.5 Å². The van der Waals surface area contributed by atoms with Gasteiger partial charge in [0.05, 0.1) is 11.3 Å². The maximum absolute atomic E-state index is 12.0. The van der Waals surface area contributed by atoms with Crippen molar-refractivity contribution in [2.24, 2.45) is 0 Å². The van der Waals surface area contributed by atoms with Gasteiger partial charge >= 0.3 is 0 Å². The summed E-state index contributed by atoms with van der Waals surface area (Å²) in [5.74, 6) is -0.357. The molecule has 1 aromatic carbocycles. The minimum atomic E-state index is -0.422. The second-order valence-corrected chi connectivity index (χ2v) is 4.31. The largest absolute Gasteiger partial charge is 0.327 e. The number of carbonyl (C=O) groups excluding carboxylic acids is 1. The van der Waals surface area contributed by atoms with Crippen LogP contribution in [0.2, 0.25) is 5.02 Å². The number of nitrogens with one attached hydrogen (secondary N) is 2. The molecule has 0 radical (unpaired) electrons. The maximum atomic E-state index is 12.0. The van der Waals surface area contributed by atoms with Gasteiger partial charge in [-0.3, -0.25) is 20.0 Å². The number of nitrogens with zero attached hydrogens (tertiary/aromatic N) is 1. The number of aromatic nitrogens is 1. The first kappa shape index (κ1) is 13.2. The molecule has 2 rings (SSSR count). The van der Waals surface area contributed by atoms with E-state index < -0.39 is 5.56 Å². The summed E-state index contributed by atoms with van der Waals surface area (Å²) in [7, 11) is 1.72. The van der Waals surface area contributed by atoms with E-state index in [9.17, 15) is 9.59 Å². The molecule has 2 aromatic rings. The van der Waals surface area contributed by atoms with Crippen LogP contribution in [0, 0.1) is 0 Å². The molecule has 2 N–H and O–H groups in total. The van der Waals surface area contributed by atoms with Gasteiger partial charge in [-0.25, -0.2) is 0 Å². The van der Waals surface area contributed by atoms with Crippen LogP contribution in [0.4, 0.5) is 5.69 Å². The van der Waals surface area contributed by atoms with E-state index in [2.05, 4.69) is 10.4 Å². The molecule has 1 amide bonds. The maximum Gasteiger partial charge on any atom is 0.271 e. The van der Waals surface area contributed by atoms with E-state index in [1.165, 1.54) is 12.3 Å². The van der Waals surface area contributed by atoms with E-state index in [0.29, 0.717) is 0 Å². The smallest absolute Gasteiger partial charge is 0.271 e. The molecule has 0 fully saturated rings. The van der Waals surface area contributed by atoms with Crippen LogP contribution in [0.3, 0.4) is 0 Å². The lowest BCUT2D eigenvalue weighted by Gasteiger charge is -2.20. The molecule has 0 unspecified atom stereocenters. The van der Waals surface area contributed by atoms with Gasteiger partial charge in [0.2, 0.25) is 0 Å². The summed E-state index contributed by atoms with van der Waals surface area (Å²) < 4.78 is 0. The van der Waals surface area contributed by atoms with Crippen LogP contribution in [-0.2, 0) is 0 Å². The number of carbonyl (C=O) groups is 1. The Bertz CT molecular complexity index is 640. The van der Waals surface area contributed by atoms with Crippen LogP contribution in [0.5, 0.6) is 0 Å². The Morgan fingerprint density at radius 3 is 2.63 bits per heavy atom. The number of aromatic amines is 1. The van der Waals surface area contributed by atoms with E-state index >= 15 is 0 Å². The number of rotatable bonds is 3. The quantitative estimate of drug-likeness (QED) is 0.841. The van der Waals surface area contributed by atoms with E-state index in [0.717, 1.165) is 5.69 Å². The Kier molecular flexibility index (Phi) is 3.87. The summed E-state index contributed by atoms with van der Waals surface area (Å²) in [6, 6.07) is 10.7. The summed E-state index contributed by atoms with van der Waals surface area (Å²) >= 11 is 5.67. The highest BCUT2D eigenvalue weighted by Gasteiger charge is 2.10. The van der Waals surface area contributed by atoms with Crippen molar-refractivity contribution in [1.29, 1.82) is 0 Å². The molecule has 98 valence electrons. The highest BCUT2D eigenvalue weighted by Crippen LogP contribution is 2.09. The van der Waals surface area contributed by atoms with Gasteiger partial charge < -0.3 is 4.98 Å². The molecule has 0 spiro atoms. The summed E-state index contributed by atoms with van der Waals surface area (Å²) in [5.41, 5.74) is 3.38. The fourth-order valence-corrected chi connectivity index (χ4v) is 1.69. The molecule has 0 aliphatic rings. The third-order valence-corrected chi connectivity index (χ3v) is 2.81. The van der Waals surface area contributed by atoms with Crippen molar-refractivity contribution in [2.75, 3.05) is 12.1 Å². The lowest BCUT2D eigenvalue weighted by atomic mass is 10.3. The molecule has 0 saturated carbocycles. The zero-order valence-corrected chi connectivity index (χ0v) is 10.9. The predicted molar refractivity (Wildman–Crippen MR) is 74.4 cm³/mol. The Labute approximate surface area is 114 Å². The number of H-pyrrole nitrogens is 1. The van der Waals surface area contributed by atoms with E-state index in [1.54, 1.807) is 12.1 Å². The summed E-state index contributed by atoms with van der Waals surface area (Å²) in [4.78, 5) is 25.5. The second-order valence-electron chi connectivity index (χ2n) is 3.90. The van der Waals surface area contributed by atoms with Crippen molar-refractivity contribution in [3.8, 4) is 0 Å². The molecule has 0 saturated heterocycles. The minimum absolute atomic E-state index is 0.0185. The molecule has 1 aromatic heterocycles. The Morgan fingerprint density at radius 2 is 2.00 bits per heavy atom.